The molecule has 0 radical (unpaired) electrons. The van der Waals surface area contributed by atoms with Crippen LogP contribution in [-0.4, -0.2) is 55.6 Å². The zero-order chi connectivity index (χ0) is 14.3. The number of likely N-dealkylation sites (tertiary alicyclic amines) is 1. The van der Waals surface area contributed by atoms with Crippen LogP contribution in [0.2, 0.25) is 0 Å². The number of alkyl halides is 2. The fraction of sp³-hybridized carbons (Fsp3) is 0.833. The second kappa shape index (κ2) is 8.04. The van der Waals surface area contributed by atoms with Crippen LogP contribution in [0.3, 0.4) is 0 Å². The third-order valence-electron chi connectivity index (χ3n) is 2.84. The van der Waals surface area contributed by atoms with Gasteiger partial charge in [0.1, 0.15) is 12.6 Å². The molecule has 1 aliphatic heterocycles. The Kier molecular flexibility index (Phi) is 6.69. The van der Waals surface area contributed by atoms with Crippen LogP contribution in [-0.2, 0) is 19.1 Å². The molecular weight excluding hydrogens is 260 g/mol. The van der Waals surface area contributed by atoms with Gasteiger partial charge in [0, 0.05) is 6.54 Å². The molecule has 0 N–H and O–H groups in total. The molecule has 0 spiro atoms. The molecule has 0 aromatic heterocycles. The van der Waals surface area contributed by atoms with Gasteiger partial charge in [0.25, 0.3) is 6.43 Å². The van der Waals surface area contributed by atoms with Gasteiger partial charge >= 0.3 is 5.97 Å². The van der Waals surface area contributed by atoms with Crippen LogP contribution < -0.4 is 0 Å². The number of halogens is 2. The lowest BCUT2D eigenvalue weighted by atomic mass is 10.2. The maximum atomic E-state index is 11.9. The van der Waals surface area contributed by atoms with Crippen molar-refractivity contribution < 1.29 is 27.8 Å². The molecule has 1 aliphatic rings. The van der Waals surface area contributed by atoms with Crippen LogP contribution in [0.15, 0.2) is 0 Å². The zero-order valence-electron chi connectivity index (χ0n) is 10.9. The highest BCUT2D eigenvalue weighted by Crippen LogP contribution is 2.19. The molecule has 0 aromatic rings. The number of rotatable bonds is 7. The molecule has 110 valence electrons. The highest BCUT2D eigenvalue weighted by Gasteiger charge is 2.34. The summed E-state index contributed by atoms with van der Waals surface area (Å²) in [5, 5.41) is 0. The van der Waals surface area contributed by atoms with E-state index in [4.69, 9.17) is 4.74 Å². The maximum Gasteiger partial charge on any atom is 0.328 e. The molecule has 0 aromatic carbocycles. The van der Waals surface area contributed by atoms with E-state index in [9.17, 15) is 18.4 Å². The summed E-state index contributed by atoms with van der Waals surface area (Å²) in [4.78, 5) is 24.9. The second-order valence-electron chi connectivity index (χ2n) is 4.21. The summed E-state index contributed by atoms with van der Waals surface area (Å²) in [6, 6.07) is -0.539. The van der Waals surface area contributed by atoms with Crippen molar-refractivity contribution in [2.45, 2.75) is 38.7 Å². The maximum absolute atomic E-state index is 11.9. The third kappa shape index (κ3) is 5.10. The van der Waals surface area contributed by atoms with Crippen LogP contribution in [0, 0.1) is 0 Å². The third-order valence-corrected chi connectivity index (χ3v) is 2.84. The average molecular weight is 279 g/mol. The topological polar surface area (TPSA) is 55.8 Å². The summed E-state index contributed by atoms with van der Waals surface area (Å²) in [5.74, 6) is -0.660. The first kappa shape index (κ1) is 15.8. The lowest BCUT2D eigenvalue weighted by molar-refractivity contribution is -0.153. The molecule has 1 saturated heterocycles. The van der Waals surface area contributed by atoms with Crippen molar-refractivity contribution in [2.75, 3.05) is 26.4 Å². The number of amides is 1. The number of esters is 1. The Morgan fingerprint density at radius 2 is 2.16 bits per heavy atom. The molecule has 19 heavy (non-hydrogen) atoms. The number of ether oxygens (including phenoxy) is 2. The van der Waals surface area contributed by atoms with Gasteiger partial charge in [-0.1, -0.05) is 0 Å². The van der Waals surface area contributed by atoms with Crippen LogP contribution in [0.5, 0.6) is 0 Å². The van der Waals surface area contributed by atoms with E-state index in [1.165, 1.54) is 4.90 Å². The van der Waals surface area contributed by atoms with E-state index >= 15 is 0 Å². The summed E-state index contributed by atoms with van der Waals surface area (Å²) >= 11 is 0. The molecule has 1 unspecified atom stereocenters. The molecule has 0 saturated carbocycles. The molecule has 7 heteroatoms. The van der Waals surface area contributed by atoms with E-state index in [1.807, 2.05) is 0 Å². The highest BCUT2D eigenvalue weighted by molar-refractivity contribution is 5.85. The molecule has 1 amide bonds. The molecule has 1 heterocycles. The quantitative estimate of drug-likeness (QED) is 0.519. The van der Waals surface area contributed by atoms with Gasteiger partial charge in [0.15, 0.2) is 0 Å². The predicted molar refractivity (Wildman–Crippen MR) is 62.8 cm³/mol. The summed E-state index contributed by atoms with van der Waals surface area (Å²) in [5.41, 5.74) is 0. The van der Waals surface area contributed by atoms with E-state index in [-0.39, 0.29) is 25.5 Å². The Morgan fingerprint density at radius 3 is 2.79 bits per heavy atom. The molecule has 1 fully saturated rings. The van der Waals surface area contributed by atoms with Gasteiger partial charge in [-0.2, -0.15) is 0 Å². The largest absolute Gasteiger partial charge is 0.464 e. The first-order valence-corrected chi connectivity index (χ1v) is 6.38. The number of hydrogen-bond donors (Lipinski definition) is 0. The Labute approximate surface area is 110 Å². The van der Waals surface area contributed by atoms with Gasteiger partial charge in [-0.25, -0.2) is 13.6 Å². The predicted octanol–water partition coefficient (Wildman–Crippen LogP) is 1.21. The number of hydrogen-bond acceptors (Lipinski definition) is 4. The van der Waals surface area contributed by atoms with Crippen molar-refractivity contribution in [3.8, 4) is 0 Å². The Bertz CT molecular complexity index is 312. The molecule has 1 rings (SSSR count). The van der Waals surface area contributed by atoms with Crippen molar-refractivity contribution in [2.24, 2.45) is 0 Å². The van der Waals surface area contributed by atoms with Crippen molar-refractivity contribution in [1.82, 2.24) is 4.90 Å². The SMILES string of the molecule is CCOC(=O)C1CCCN1C(=O)CCOCC(F)F. The van der Waals surface area contributed by atoms with Crippen LogP contribution >= 0.6 is 0 Å². The Hall–Kier alpha value is -1.24. The minimum atomic E-state index is -2.53. The smallest absolute Gasteiger partial charge is 0.328 e. The second-order valence-corrected chi connectivity index (χ2v) is 4.21. The summed E-state index contributed by atoms with van der Waals surface area (Å²) in [7, 11) is 0. The van der Waals surface area contributed by atoms with Crippen molar-refractivity contribution in [3.05, 3.63) is 0 Å². The lowest BCUT2D eigenvalue weighted by Gasteiger charge is -2.23. The van der Waals surface area contributed by atoms with Gasteiger partial charge in [0.05, 0.1) is 19.6 Å². The highest BCUT2D eigenvalue weighted by atomic mass is 19.3. The van der Waals surface area contributed by atoms with Crippen LogP contribution in [0.25, 0.3) is 0 Å². The van der Waals surface area contributed by atoms with Gasteiger partial charge in [0.2, 0.25) is 5.91 Å². The summed E-state index contributed by atoms with van der Waals surface area (Å²) in [6.07, 6.45) is -1.20. The van der Waals surface area contributed by atoms with Gasteiger partial charge < -0.3 is 14.4 Å². The Balaban J connectivity index is 2.36. The monoisotopic (exact) mass is 279 g/mol. The number of nitrogens with zero attached hydrogens (tertiary/aromatic N) is 1. The van der Waals surface area contributed by atoms with Crippen molar-refractivity contribution in [1.29, 1.82) is 0 Å². The van der Waals surface area contributed by atoms with Gasteiger partial charge in [-0.3, -0.25) is 4.79 Å². The summed E-state index contributed by atoms with van der Waals surface area (Å²) in [6.45, 7) is 1.74. The van der Waals surface area contributed by atoms with Gasteiger partial charge in [-0.05, 0) is 19.8 Å². The summed E-state index contributed by atoms with van der Waals surface area (Å²) < 4.78 is 33.2. The first-order valence-electron chi connectivity index (χ1n) is 6.38. The van der Waals surface area contributed by atoms with Gasteiger partial charge in [-0.15, -0.1) is 0 Å². The molecule has 0 aliphatic carbocycles. The van der Waals surface area contributed by atoms with Crippen LogP contribution in [0.1, 0.15) is 26.2 Å². The molecule has 1 atom stereocenters. The fourth-order valence-electron chi connectivity index (χ4n) is 2.02. The van der Waals surface area contributed by atoms with E-state index < -0.39 is 25.0 Å². The standard InChI is InChI=1S/C12H19F2NO4/c1-2-19-12(17)9-4-3-6-15(9)11(16)5-7-18-8-10(13)14/h9-10H,2-8H2,1H3. The van der Waals surface area contributed by atoms with E-state index in [0.29, 0.717) is 13.0 Å². The minimum Gasteiger partial charge on any atom is -0.464 e. The first-order chi connectivity index (χ1) is 9.06. The van der Waals surface area contributed by atoms with Crippen molar-refractivity contribution >= 4 is 11.9 Å². The average Bonchev–Trinajstić information content (AvgIpc) is 2.83. The molecular formula is C12H19F2NO4. The zero-order valence-corrected chi connectivity index (χ0v) is 10.9. The minimum absolute atomic E-state index is 0.00260. The Morgan fingerprint density at radius 1 is 1.42 bits per heavy atom. The van der Waals surface area contributed by atoms with Crippen molar-refractivity contribution in [3.63, 3.8) is 0 Å². The molecule has 5 nitrogen and oxygen atoms in total. The van der Waals surface area contributed by atoms with E-state index in [0.717, 1.165) is 6.42 Å². The van der Waals surface area contributed by atoms with E-state index in [2.05, 4.69) is 4.74 Å². The normalized spacial score (nSPS) is 18.9. The number of carbonyl (C=O) groups is 2. The van der Waals surface area contributed by atoms with Crippen LogP contribution in [0.4, 0.5) is 8.78 Å². The molecule has 0 bridgehead atoms. The lowest BCUT2D eigenvalue weighted by Crippen LogP contribution is -2.41. The van der Waals surface area contributed by atoms with E-state index in [1.54, 1.807) is 6.92 Å². The fourth-order valence-corrected chi connectivity index (χ4v) is 2.02. The number of carbonyl (C=O) groups excluding carboxylic acids is 2.